The maximum atomic E-state index is 6.31. The summed E-state index contributed by atoms with van der Waals surface area (Å²) in [5.74, 6) is 0. The van der Waals surface area contributed by atoms with Crippen molar-refractivity contribution in [3.8, 4) is 44.5 Å². The standard InChI is InChI=1S/C50H30N2O/c1-2-11-44-41(9-1)42-24-23-39(30-46(42)49-48(44)51-25-26-52-49)34-8-5-7-33(27-34)36-21-22-37-28-35(19-20-38(37)29-36)31-15-17-32(18-16-31)40-12-6-13-45-43-10-3-4-14-47(43)53-50(40)45/h1-30H. The molecule has 3 heteroatoms. The number of nitrogens with zero attached hydrogens (tertiary/aromatic N) is 2. The summed E-state index contributed by atoms with van der Waals surface area (Å²) in [6.45, 7) is 0. The Hall–Kier alpha value is -7.10. The van der Waals surface area contributed by atoms with Gasteiger partial charge in [0.1, 0.15) is 11.2 Å². The van der Waals surface area contributed by atoms with Gasteiger partial charge in [-0.2, -0.15) is 0 Å². The number of benzene rings is 9. The minimum absolute atomic E-state index is 0.919. The summed E-state index contributed by atoms with van der Waals surface area (Å²) < 4.78 is 6.31. The van der Waals surface area contributed by atoms with Crippen LogP contribution in [0.3, 0.4) is 0 Å². The molecular weight excluding hydrogens is 645 g/mol. The molecule has 2 aromatic heterocycles. The van der Waals surface area contributed by atoms with Crippen LogP contribution in [0.2, 0.25) is 0 Å². The molecule has 53 heavy (non-hydrogen) atoms. The quantitative estimate of drug-likeness (QED) is 0.174. The van der Waals surface area contributed by atoms with Gasteiger partial charge in [-0.3, -0.25) is 9.97 Å². The molecule has 9 aromatic carbocycles. The van der Waals surface area contributed by atoms with E-state index >= 15 is 0 Å². The molecule has 0 amide bonds. The molecule has 0 aliphatic rings. The maximum Gasteiger partial charge on any atom is 0.143 e. The lowest BCUT2D eigenvalue weighted by molar-refractivity contribution is 0.670. The Morgan fingerprint density at radius 3 is 1.62 bits per heavy atom. The van der Waals surface area contributed by atoms with Gasteiger partial charge in [-0.1, -0.05) is 140 Å². The average Bonchev–Trinajstić information content (AvgIpc) is 3.62. The van der Waals surface area contributed by atoms with Crippen LogP contribution in [-0.4, -0.2) is 9.97 Å². The summed E-state index contributed by atoms with van der Waals surface area (Å²) in [5, 5.41) is 9.37. The first-order valence-electron chi connectivity index (χ1n) is 18.0. The Kier molecular flexibility index (Phi) is 6.55. The highest BCUT2D eigenvalue weighted by Gasteiger charge is 2.14. The summed E-state index contributed by atoms with van der Waals surface area (Å²) >= 11 is 0. The third-order valence-electron chi connectivity index (χ3n) is 10.7. The topological polar surface area (TPSA) is 38.9 Å². The Balaban J connectivity index is 0.911. The Morgan fingerprint density at radius 2 is 0.849 bits per heavy atom. The van der Waals surface area contributed by atoms with Crippen LogP contribution in [0.1, 0.15) is 0 Å². The Bertz CT molecular complexity index is 3190. The fourth-order valence-corrected chi connectivity index (χ4v) is 8.11. The molecule has 0 saturated carbocycles. The van der Waals surface area contributed by atoms with E-state index in [2.05, 4.69) is 158 Å². The lowest BCUT2D eigenvalue weighted by Crippen LogP contribution is -1.89. The Morgan fingerprint density at radius 1 is 0.321 bits per heavy atom. The number of furan rings is 1. The zero-order valence-electron chi connectivity index (χ0n) is 28.6. The second-order valence-corrected chi connectivity index (χ2v) is 13.8. The SMILES string of the molecule is c1cc(-c2ccc3cc(-c4ccc(-c5cccc6c5oc5ccccc56)cc4)ccc3c2)cc(-c2ccc3c4ccccc4c4nccnc4c3c2)c1. The highest BCUT2D eigenvalue weighted by Crippen LogP contribution is 2.38. The summed E-state index contributed by atoms with van der Waals surface area (Å²) in [7, 11) is 0. The van der Waals surface area contributed by atoms with Gasteiger partial charge < -0.3 is 4.42 Å². The van der Waals surface area contributed by atoms with Crippen molar-refractivity contribution in [2.75, 3.05) is 0 Å². The highest BCUT2D eigenvalue weighted by molar-refractivity contribution is 6.23. The van der Waals surface area contributed by atoms with Gasteiger partial charge in [0.25, 0.3) is 0 Å². The number of fused-ring (bicyclic) bond motifs is 10. The van der Waals surface area contributed by atoms with Crippen LogP contribution in [0.4, 0.5) is 0 Å². The van der Waals surface area contributed by atoms with Crippen molar-refractivity contribution in [1.29, 1.82) is 0 Å². The second-order valence-electron chi connectivity index (χ2n) is 13.8. The largest absolute Gasteiger partial charge is 0.455 e. The van der Waals surface area contributed by atoms with Gasteiger partial charge in [-0.25, -0.2) is 0 Å². The molecule has 0 fully saturated rings. The van der Waals surface area contributed by atoms with Crippen molar-refractivity contribution < 1.29 is 4.42 Å². The van der Waals surface area contributed by atoms with Crippen LogP contribution < -0.4 is 0 Å². The molecule has 0 radical (unpaired) electrons. The van der Waals surface area contributed by atoms with E-state index in [1.165, 1.54) is 49.4 Å². The number of hydrogen-bond donors (Lipinski definition) is 0. The van der Waals surface area contributed by atoms with Gasteiger partial charge in [0.2, 0.25) is 0 Å². The van der Waals surface area contributed by atoms with Crippen LogP contribution in [0.15, 0.2) is 187 Å². The lowest BCUT2D eigenvalue weighted by Gasteiger charge is -2.12. The van der Waals surface area contributed by atoms with E-state index in [0.717, 1.165) is 60.4 Å². The molecule has 246 valence electrons. The predicted octanol–water partition coefficient (Wildman–Crippen LogP) is 13.7. The van der Waals surface area contributed by atoms with Crippen molar-refractivity contribution in [2.45, 2.75) is 0 Å². The van der Waals surface area contributed by atoms with Crippen molar-refractivity contribution in [3.63, 3.8) is 0 Å². The fourth-order valence-electron chi connectivity index (χ4n) is 8.11. The lowest BCUT2D eigenvalue weighted by atomic mass is 9.93. The van der Waals surface area contributed by atoms with E-state index in [1.807, 2.05) is 12.1 Å². The van der Waals surface area contributed by atoms with E-state index in [4.69, 9.17) is 14.4 Å². The molecule has 0 spiro atoms. The zero-order valence-corrected chi connectivity index (χ0v) is 28.6. The molecule has 0 N–H and O–H groups in total. The molecule has 0 atom stereocenters. The van der Waals surface area contributed by atoms with Crippen molar-refractivity contribution >= 4 is 65.3 Å². The molecule has 0 saturated heterocycles. The number of aromatic nitrogens is 2. The second kappa shape index (κ2) is 11.7. The van der Waals surface area contributed by atoms with Gasteiger partial charge in [0.05, 0.1) is 11.0 Å². The van der Waals surface area contributed by atoms with Gasteiger partial charge in [-0.05, 0) is 90.8 Å². The molecule has 2 heterocycles. The summed E-state index contributed by atoms with van der Waals surface area (Å²) in [6, 6.07) is 61.0. The number of rotatable bonds is 4. The van der Waals surface area contributed by atoms with E-state index < -0.39 is 0 Å². The first kappa shape index (κ1) is 29.6. The highest BCUT2D eigenvalue weighted by atomic mass is 16.3. The monoisotopic (exact) mass is 674 g/mol. The van der Waals surface area contributed by atoms with Gasteiger partial charge in [-0.15, -0.1) is 0 Å². The maximum absolute atomic E-state index is 6.31. The smallest absolute Gasteiger partial charge is 0.143 e. The predicted molar refractivity (Wildman–Crippen MR) is 221 cm³/mol. The summed E-state index contributed by atoms with van der Waals surface area (Å²) in [4.78, 5) is 9.51. The van der Waals surface area contributed by atoms with Crippen LogP contribution in [0.5, 0.6) is 0 Å². The minimum atomic E-state index is 0.919. The molecule has 11 rings (SSSR count). The summed E-state index contributed by atoms with van der Waals surface area (Å²) in [6.07, 6.45) is 3.56. The van der Waals surface area contributed by atoms with Crippen LogP contribution in [0.25, 0.3) is 110 Å². The third kappa shape index (κ3) is 4.82. The zero-order chi connectivity index (χ0) is 34.9. The average molecular weight is 675 g/mol. The molecule has 3 nitrogen and oxygen atoms in total. The first-order chi connectivity index (χ1) is 26.2. The molecular formula is C50H30N2O. The molecule has 11 aromatic rings. The molecule has 0 aliphatic heterocycles. The van der Waals surface area contributed by atoms with E-state index in [9.17, 15) is 0 Å². The van der Waals surface area contributed by atoms with Crippen LogP contribution >= 0.6 is 0 Å². The van der Waals surface area contributed by atoms with E-state index in [0.29, 0.717) is 0 Å². The van der Waals surface area contributed by atoms with Crippen molar-refractivity contribution in [1.82, 2.24) is 9.97 Å². The molecule has 0 bridgehead atoms. The summed E-state index contributed by atoms with van der Waals surface area (Å²) in [5.41, 5.74) is 13.1. The van der Waals surface area contributed by atoms with Crippen molar-refractivity contribution in [2.24, 2.45) is 0 Å². The Labute approximate surface area is 305 Å². The minimum Gasteiger partial charge on any atom is -0.455 e. The van der Waals surface area contributed by atoms with Gasteiger partial charge in [0, 0.05) is 39.5 Å². The van der Waals surface area contributed by atoms with E-state index in [1.54, 1.807) is 12.4 Å². The number of para-hydroxylation sites is 2. The van der Waals surface area contributed by atoms with Crippen LogP contribution in [-0.2, 0) is 0 Å². The molecule has 0 unspecified atom stereocenters. The fraction of sp³-hybridized carbons (Fsp3) is 0. The number of hydrogen-bond acceptors (Lipinski definition) is 3. The van der Waals surface area contributed by atoms with Crippen LogP contribution in [0, 0.1) is 0 Å². The normalized spacial score (nSPS) is 11.8. The molecule has 0 aliphatic carbocycles. The first-order valence-corrected chi connectivity index (χ1v) is 18.0. The van der Waals surface area contributed by atoms with Gasteiger partial charge in [0.15, 0.2) is 0 Å². The van der Waals surface area contributed by atoms with Gasteiger partial charge >= 0.3 is 0 Å². The van der Waals surface area contributed by atoms with Crippen molar-refractivity contribution in [3.05, 3.63) is 182 Å². The van der Waals surface area contributed by atoms with E-state index in [-0.39, 0.29) is 0 Å². The third-order valence-corrected chi connectivity index (χ3v) is 10.7.